The molecule has 2 aromatic rings. The highest BCUT2D eigenvalue weighted by atomic mass is 19.1. The lowest BCUT2D eigenvalue weighted by Crippen LogP contribution is -2.35. The number of hydrogen-bond donors (Lipinski definition) is 1. The van der Waals surface area contributed by atoms with Gasteiger partial charge in [0.05, 0.1) is 5.52 Å². The van der Waals surface area contributed by atoms with Crippen LogP contribution in [0.25, 0.3) is 11.0 Å². The highest BCUT2D eigenvalue weighted by molar-refractivity contribution is 5.76. The first-order valence-corrected chi connectivity index (χ1v) is 6.35. The molecule has 0 saturated carbocycles. The molecule has 0 aliphatic rings. The monoisotopic (exact) mass is 249 g/mol. The van der Waals surface area contributed by atoms with Crippen molar-refractivity contribution in [1.29, 1.82) is 0 Å². The van der Waals surface area contributed by atoms with Crippen molar-refractivity contribution in [2.24, 2.45) is 5.73 Å². The molecule has 0 saturated heterocycles. The Morgan fingerprint density at radius 2 is 2.11 bits per heavy atom. The second kappa shape index (κ2) is 4.69. The van der Waals surface area contributed by atoms with E-state index in [-0.39, 0.29) is 11.4 Å². The van der Waals surface area contributed by atoms with Gasteiger partial charge in [0, 0.05) is 18.5 Å². The molecule has 0 spiro atoms. The lowest BCUT2D eigenvalue weighted by Gasteiger charge is -2.18. The molecule has 0 amide bonds. The van der Waals surface area contributed by atoms with E-state index in [4.69, 9.17) is 5.73 Å². The van der Waals surface area contributed by atoms with Crippen LogP contribution in [0.4, 0.5) is 4.39 Å². The van der Waals surface area contributed by atoms with Gasteiger partial charge in [-0.15, -0.1) is 0 Å². The van der Waals surface area contributed by atoms with E-state index in [0.29, 0.717) is 11.9 Å². The first-order chi connectivity index (χ1) is 8.42. The van der Waals surface area contributed by atoms with Gasteiger partial charge in [0.1, 0.15) is 11.3 Å². The summed E-state index contributed by atoms with van der Waals surface area (Å²) in [5, 5.41) is 0. The zero-order valence-electron chi connectivity index (χ0n) is 11.2. The summed E-state index contributed by atoms with van der Waals surface area (Å²) in [6.07, 6.45) is 1.63. The van der Waals surface area contributed by atoms with Gasteiger partial charge in [-0.3, -0.25) is 0 Å². The van der Waals surface area contributed by atoms with Gasteiger partial charge in [-0.05, 0) is 32.4 Å². The zero-order chi connectivity index (χ0) is 13.3. The smallest absolute Gasteiger partial charge is 0.151 e. The van der Waals surface area contributed by atoms with Crippen molar-refractivity contribution in [3.8, 4) is 0 Å². The van der Waals surface area contributed by atoms with Crippen LogP contribution in [-0.4, -0.2) is 15.1 Å². The number of halogens is 1. The molecule has 0 aliphatic carbocycles. The quantitative estimate of drug-likeness (QED) is 0.905. The van der Waals surface area contributed by atoms with E-state index in [1.165, 1.54) is 6.07 Å². The summed E-state index contributed by atoms with van der Waals surface area (Å²) in [6.45, 7) is 6.85. The summed E-state index contributed by atoms with van der Waals surface area (Å²) in [5.74, 6) is 0.600. The Kier molecular flexibility index (Phi) is 3.39. The van der Waals surface area contributed by atoms with E-state index in [0.717, 1.165) is 24.3 Å². The first-order valence-electron chi connectivity index (χ1n) is 6.35. The van der Waals surface area contributed by atoms with Crippen molar-refractivity contribution in [2.75, 3.05) is 0 Å². The van der Waals surface area contributed by atoms with E-state index in [1.807, 2.05) is 19.9 Å². The molecular formula is C14H20FN3. The van der Waals surface area contributed by atoms with Crippen LogP contribution in [-0.2, 0) is 13.0 Å². The van der Waals surface area contributed by atoms with Gasteiger partial charge in [0.25, 0.3) is 0 Å². The summed E-state index contributed by atoms with van der Waals surface area (Å²) < 4.78 is 15.8. The third-order valence-corrected chi connectivity index (χ3v) is 2.87. The van der Waals surface area contributed by atoms with E-state index in [1.54, 1.807) is 6.07 Å². The number of fused-ring (bicyclic) bond motifs is 1. The molecule has 0 radical (unpaired) electrons. The Morgan fingerprint density at radius 3 is 2.72 bits per heavy atom. The lowest BCUT2D eigenvalue weighted by molar-refractivity contribution is 0.486. The second-order valence-corrected chi connectivity index (χ2v) is 5.45. The highest BCUT2D eigenvalue weighted by Crippen LogP contribution is 2.21. The summed E-state index contributed by atoms with van der Waals surface area (Å²) in [5.41, 5.74) is 7.01. The molecule has 3 nitrogen and oxygen atoms in total. The van der Waals surface area contributed by atoms with Crippen molar-refractivity contribution >= 4 is 11.0 Å². The van der Waals surface area contributed by atoms with Crippen LogP contribution in [0.2, 0.25) is 0 Å². The molecule has 1 aromatic carbocycles. The summed E-state index contributed by atoms with van der Waals surface area (Å²) >= 11 is 0. The van der Waals surface area contributed by atoms with Crippen LogP contribution < -0.4 is 5.73 Å². The molecular weight excluding hydrogens is 229 g/mol. The van der Waals surface area contributed by atoms with E-state index in [9.17, 15) is 4.39 Å². The molecule has 2 N–H and O–H groups in total. The predicted octanol–water partition coefficient (Wildman–Crippen LogP) is 2.87. The first kappa shape index (κ1) is 13.0. The van der Waals surface area contributed by atoms with Crippen LogP contribution >= 0.6 is 0 Å². The summed E-state index contributed by atoms with van der Waals surface area (Å²) in [7, 11) is 0. The average molecular weight is 249 g/mol. The highest BCUT2D eigenvalue weighted by Gasteiger charge is 2.19. The van der Waals surface area contributed by atoms with Gasteiger partial charge in [-0.1, -0.05) is 13.0 Å². The Hall–Kier alpha value is -1.42. The normalized spacial score (nSPS) is 12.3. The molecule has 98 valence electrons. The van der Waals surface area contributed by atoms with Crippen molar-refractivity contribution in [1.82, 2.24) is 9.55 Å². The van der Waals surface area contributed by atoms with Crippen molar-refractivity contribution in [3.63, 3.8) is 0 Å². The third kappa shape index (κ3) is 2.53. The summed E-state index contributed by atoms with van der Waals surface area (Å²) in [6, 6.07) is 5.08. The van der Waals surface area contributed by atoms with Crippen molar-refractivity contribution in [3.05, 3.63) is 29.8 Å². The van der Waals surface area contributed by atoms with E-state index < -0.39 is 0 Å². The van der Waals surface area contributed by atoms with Crippen LogP contribution in [0.5, 0.6) is 0 Å². The number of nitrogens with zero attached hydrogens (tertiary/aromatic N) is 2. The molecule has 18 heavy (non-hydrogen) atoms. The molecule has 2 rings (SSSR count). The number of aromatic nitrogens is 2. The fraction of sp³-hybridized carbons (Fsp3) is 0.500. The molecule has 0 unspecified atom stereocenters. The molecule has 0 atom stereocenters. The maximum Gasteiger partial charge on any atom is 0.151 e. The Bertz CT molecular complexity index is 552. The van der Waals surface area contributed by atoms with E-state index >= 15 is 0 Å². The molecule has 1 heterocycles. The van der Waals surface area contributed by atoms with Crippen LogP contribution in [0.1, 0.15) is 33.0 Å². The predicted molar refractivity (Wildman–Crippen MR) is 72.0 cm³/mol. The van der Waals surface area contributed by atoms with Crippen molar-refractivity contribution < 1.29 is 4.39 Å². The fourth-order valence-electron chi connectivity index (χ4n) is 2.18. The number of para-hydroxylation sites is 1. The van der Waals surface area contributed by atoms with Crippen LogP contribution in [0.3, 0.4) is 0 Å². The van der Waals surface area contributed by atoms with Crippen molar-refractivity contribution in [2.45, 2.75) is 45.7 Å². The third-order valence-electron chi connectivity index (χ3n) is 2.87. The number of imidazole rings is 1. The fourth-order valence-corrected chi connectivity index (χ4v) is 2.18. The zero-order valence-corrected chi connectivity index (χ0v) is 11.2. The Labute approximate surface area is 107 Å². The van der Waals surface area contributed by atoms with Crippen LogP contribution in [0, 0.1) is 5.82 Å². The number of nitrogens with two attached hydrogens (primary N) is 1. The number of benzene rings is 1. The van der Waals surface area contributed by atoms with Crippen LogP contribution in [0.15, 0.2) is 18.2 Å². The Morgan fingerprint density at radius 1 is 1.39 bits per heavy atom. The topological polar surface area (TPSA) is 43.8 Å². The largest absolute Gasteiger partial charge is 0.328 e. The average Bonchev–Trinajstić information content (AvgIpc) is 2.57. The van der Waals surface area contributed by atoms with Gasteiger partial charge in [-0.2, -0.15) is 0 Å². The second-order valence-electron chi connectivity index (χ2n) is 5.45. The van der Waals surface area contributed by atoms with Gasteiger partial charge < -0.3 is 10.3 Å². The molecule has 0 fully saturated rings. The molecule has 4 heteroatoms. The standard InChI is InChI=1S/C14H20FN3/c1-4-8-18-11-7-5-6-10(15)13(11)17-12(18)9-14(2,3)16/h5-7H,4,8-9,16H2,1-3H3. The van der Waals surface area contributed by atoms with Gasteiger partial charge >= 0.3 is 0 Å². The molecule has 0 bridgehead atoms. The maximum atomic E-state index is 13.7. The number of hydrogen-bond acceptors (Lipinski definition) is 2. The lowest BCUT2D eigenvalue weighted by atomic mass is 10.0. The van der Waals surface area contributed by atoms with Gasteiger partial charge in [0.2, 0.25) is 0 Å². The minimum atomic E-state index is -0.344. The van der Waals surface area contributed by atoms with Gasteiger partial charge in [-0.25, -0.2) is 9.37 Å². The molecule has 1 aromatic heterocycles. The summed E-state index contributed by atoms with van der Waals surface area (Å²) in [4.78, 5) is 4.42. The molecule has 0 aliphatic heterocycles. The SMILES string of the molecule is CCCn1c(CC(C)(C)N)nc2c(F)cccc21. The minimum Gasteiger partial charge on any atom is -0.328 e. The Balaban J connectivity index is 2.57. The number of rotatable bonds is 4. The van der Waals surface area contributed by atoms with Gasteiger partial charge in [0.15, 0.2) is 5.82 Å². The maximum absolute atomic E-state index is 13.7. The number of aryl methyl sites for hydroxylation is 1. The van der Waals surface area contributed by atoms with E-state index in [2.05, 4.69) is 16.5 Å². The minimum absolute atomic E-state index is 0.265.